The Balaban J connectivity index is 1.46. The van der Waals surface area contributed by atoms with E-state index in [4.69, 9.17) is 4.74 Å². The van der Waals surface area contributed by atoms with Gasteiger partial charge in [-0.25, -0.2) is 10.2 Å². The van der Waals surface area contributed by atoms with E-state index in [-0.39, 0.29) is 24.8 Å². The number of nitrogens with zero attached hydrogens (tertiary/aromatic N) is 1. The van der Waals surface area contributed by atoms with Crippen molar-refractivity contribution in [2.75, 3.05) is 6.54 Å². The SMILES string of the molecule is O=C(CCNC(=O)c1ccccc1)NN=Cc1cccc(OC(=O)c2ccccc2Br)c1. The monoisotopic (exact) mass is 493 g/mol. The molecule has 3 rings (SSSR count). The number of benzene rings is 3. The maximum absolute atomic E-state index is 12.3. The lowest BCUT2D eigenvalue weighted by Crippen LogP contribution is -2.28. The fourth-order valence-corrected chi connectivity index (χ4v) is 3.11. The summed E-state index contributed by atoms with van der Waals surface area (Å²) >= 11 is 3.32. The van der Waals surface area contributed by atoms with Crippen molar-refractivity contribution in [2.45, 2.75) is 6.42 Å². The summed E-state index contributed by atoms with van der Waals surface area (Å²) in [4.78, 5) is 36.2. The Morgan fingerprint density at radius 3 is 2.47 bits per heavy atom. The van der Waals surface area contributed by atoms with E-state index in [2.05, 4.69) is 31.8 Å². The van der Waals surface area contributed by atoms with E-state index >= 15 is 0 Å². The number of ether oxygens (including phenoxy) is 1. The topological polar surface area (TPSA) is 96.9 Å². The summed E-state index contributed by atoms with van der Waals surface area (Å²) in [7, 11) is 0. The van der Waals surface area contributed by atoms with Gasteiger partial charge < -0.3 is 10.1 Å². The van der Waals surface area contributed by atoms with Crippen LogP contribution in [0.4, 0.5) is 0 Å². The lowest BCUT2D eigenvalue weighted by Gasteiger charge is -2.06. The van der Waals surface area contributed by atoms with Gasteiger partial charge in [0.05, 0.1) is 11.8 Å². The third-order valence-electron chi connectivity index (χ3n) is 4.24. The first kappa shape index (κ1) is 22.9. The Kier molecular flexibility index (Phi) is 8.28. The zero-order valence-electron chi connectivity index (χ0n) is 17.0. The second-order valence-electron chi connectivity index (χ2n) is 6.61. The van der Waals surface area contributed by atoms with Gasteiger partial charge in [-0.3, -0.25) is 9.59 Å². The molecule has 0 saturated carbocycles. The van der Waals surface area contributed by atoms with Crippen LogP contribution in [0, 0.1) is 0 Å². The van der Waals surface area contributed by atoms with Crippen LogP contribution < -0.4 is 15.5 Å². The van der Waals surface area contributed by atoms with Gasteiger partial charge in [-0.2, -0.15) is 5.10 Å². The molecule has 0 aromatic heterocycles. The highest BCUT2D eigenvalue weighted by Gasteiger charge is 2.12. The molecule has 0 saturated heterocycles. The summed E-state index contributed by atoms with van der Waals surface area (Å²) in [5.41, 5.74) is 3.99. The van der Waals surface area contributed by atoms with Gasteiger partial charge in [-0.15, -0.1) is 0 Å². The summed E-state index contributed by atoms with van der Waals surface area (Å²) < 4.78 is 6.05. The Hall–Kier alpha value is -3.78. The highest BCUT2D eigenvalue weighted by atomic mass is 79.9. The normalized spacial score (nSPS) is 10.5. The van der Waals surface area contributed by atoms with Crippen LogP contribution in [0.1, 0.15) is 32.7 Å². The summed E-state index contributed by atoms with van der Waals surface area (Å²) in [5.74, 6) is -0.719. The molecule has 0 fully saturated rings. The van der Waals surface area contributed by atoms with Crippen molar-refractivity contribution in [1.82, 2.24) is 10.7 Å². The van der Waals surface area contributed by atoms with E-state index in [1.54, 1.807) is 66.7 Å². The van der Waals surface area contributed by atoms with Crippen LogP contribution in [0.5, 0.6) is 5.75 Å². The second kappa shape index (κ2) is 11.6. The minimum absolute atomic E-state index is 0.0829. The van der Waals surface area contributed by atoms with Crippen LogP contribution in [0.25, 0.3) is 0 Å². The molecule has 0 radical (unpaired) electrons. The lowest BCUT2D eigenvalue weighted by molar-refractivity contribution is -0.120. The average molecular weight is 494 g/mol. The van der Waals surface area contributed by atoms with Gasteiger partial charge in [0.25, 0.3) is 5.91 Å². The Bertz CT molecular complexity index is 1130. The van der Waals surface area contributed by atoms with E-state index in [1.165, 1.54) is 6.21 Å². The van der Waals surface area contributed by atoms with Crippen molar-refractivity contribution < 1.29 is 19.1 Å². The number of hydrogen-bond acceptors (Lipinski definition) is 5. The van der Waals surface area contributed by atoms with Crippen LogP contribution in [0.3, 0.4) is 0 Å². The van der Waals surface area contributed by atoms with Crippen LogP contribution in [-0.4, -0.2) is 30.5 Å². The number of carbonyl (C=O) groups is 3. The van der Waals surface area contributed by atoms with Crippen molar-refractivity contribution in [3.8, 4) is 5.75 Å². The number of esters is 1. The number of amides is 2. The van der Waals surface area contributed by atoms with Gasteiger partial charge in [-0.1, -0.05) is 42.5 Å². The Labute approximate surface area is 193 Å². The molecular weight excluding hydrogens is 474 g/mol. The van der Waals surface area contributed by atoms with E-state index in [1.807, 2.05) is 12.1 Å². The molecule has 0 aliphatic rings. The van der Waals surface area contributed by atoms with Gasteiger partial charge in [0.2, 0.25) is 5.91 Å². The van der Waals surface area contributed by atoms with E-state index in [9.17, 15) is 14.4 Å². The number of carbonyl (C=O) groups excluding carboxylic acids is 3. The van der Waals surface area contributed by atoms with Crippen molar-refractivity contribution >= 4 is 39.9 Å². The van der Waals surface area contributed by atoms with E-state index in [0.717, 1.165) is 0 Å². The standard InChI is InChI=1S/C24H20BrN3O4/c25-21-12-5-4-11-20(21)24(31)32-19-10-6-7-17(15-19)16-27-28-22(29)13-14-26-23(30)18-8-2-1-3-9-18/h1-12,15-16H,13-14H2,(H,26,30)(H,28,29). The highest BCUT2D eigenvalue weighted by molar-refractivity contribution is 9.10. The summed E-state index contributed by atoms with van der Waals surface area (Å²) in [5, 5.41) is 6.58. The maximum Gasteiger partial charge on any atom is 0.344 e. The highest BCUT2D eigenvalue weighted by Crippen LogP contribution is 2.19. The molecule has 0 spiro atoms. The van der Waals surface area contributed by atoms with Crippen LogP contribution in [0.15, 0.2) is 88.4 Å². The predicted octanol–water partition coefficient (Wildman–Crippen LogP) is 3.94. The van der Waals surface area contributed by atoms with E-state index < -0.39 is 5.97 Å². The summed E-state index contributed by atoms with van der Waals surface area (Å²) in [6.07, 6.45) is 1.52. The minimum atomic E-state index is -0.489. The fourth-order valence-electron chi connectivity index (χ4n) is 2.66. The maximum atomic E-state index is 12.3. The molecule has 3 aromatic rings. The number of halogens is 1. The van der Waals surface area contributed by atoms with E-state index in [0.29, 0.717) is 26.9 Å². The quantitative estimate of drug-likeness (QED) is 0.215. The molecule has 2 amide bonds. The number of hydrazone groups is 1. The molecule has 0 heterocycles. The molecule has 0 aliphatic heterocycles. The van der Waals surface area contributed by atoms with Crippen molar-refractivity contribution in [1.29, 1.82) is 0 Å². The molecule has 8 heteroatoms. The minimum Gasteiger partial charge on any atom is -0.423 e. The van der Waals surface area contributed by atoms with Gasteiger partial charge >= 0.3 is 5.97 Å². The first-order valence-electron chi connectivity index (χ1n) is 9.75. The number of rotatable bonds is 8. The second-order valence-corrected chi connectivity index (χ2v) is 7.46. The Morgan fingerprint density at radius 1 is 0.938 bits per heavy atom. The zero-order valence-corrected chi connectivity index (χ0v) is 18.5. The average Bonchev–Trinajstić information content (AvgIpc) is 2.80. The van der Waals surface area contributed by atoms with Gasteiger partial charge in [-0.05, 0) is 57.9 Å². The van der Waals surface area contributed by atoms with Crippen LogP contribution in [0.2, 0.25) is 0 Å². The largest absolute Gasteiger partial charge is 0.423 e. The van der Waals surface area contributed by atoms with Crippen LogP contribution in [-0.2, 0) is 4.79 Å². The summed E-state index contributed by atoms with van der Waals surface area (Å²) in [6.45, 7) is 0.190. The Morgan fingerprint density at radius 2 is 1.69 bits per heavy atom. The molecule has 162 valence electrons. The summed E-state index contributed by atoms with van der Waals surface area (Å²) in [6, 6.07) is 22.5. The lowest BCUT2D eigenvalue weighted by atomic mass is 10.2. The first-order chi connectivity index (χ1) is 15.5. The molecule has 0 atom stereocenters. The number of nitrogens with one attached hydrogen (secondary N) is 2. The molecule has 0 unspecified atom stereocenters. The molecule has 7 nitrogen and oxygen atoms in total. The molecular formula is C24H20BrN3O4. The van der Waals surface area contributed by atoms with Gasteiger partial charge in [0, 0.05) is 23.0 Å². The third-order valence-corrected chi connectivity index (χ3v) is 4.93. The van der Waals surface area contributed by atoms with Gasteiger partial charge in [0.15, 0.2) is 0 Å². The van der Waals surface area contributed by atoms with Crippen molar-refractivity contribution in [3.63, 3.8) is 0 Å². The third kappa shape index (κ3) is 6.88. The smallest absolute Gasteiger partial charge is 0.344 e. The van der Waals surface area contributed by atoms with Crippen molar-refractivity contribution in [2.24, 2.45) is 5.10 Å². The molecule has 2 N–H and O–H groups in total. The van der Waals surface area contributed by atoms with Gasteiger partial charge in [0.1, 0.15) is 5.75 Å². The molecule has 3 aromatic carbocycles. The van der Waals surface area contributed by atoms with Crippen LogP contribution >= 0.6 is 15.9 Å². The first-order valence-corrected chi connectivity index (χ1v) is 10.5. The molecule has 0 aliphatic carbocycles. The molecule has 0 bridgehead atoms. The predicted molar refractivity (Wildman–Crippen MR) is 125 cm³/mol. The zero-order chi connectivity index (χ0) is 22.8. The van der Waals surface area contributed by atoms with Crippen molar-refractivity contribution in [3.05, 3.63) is 100 Å². The fraction of sp³-hybridized carbons (Fsp3) is 0.0833. The molecule has 32 heavy (non-hydrogen) atoms. The number of hydrogen-bond donors (Lipinski definition) is 2.